The minimum absolute atomic E-state index is 0.745. The van der Waals surface area contributed by atoms with Gasteiger partial charge in [0.2, 0.25) is 0 Å². The number of rotatable bonds is 2. The monoisotopic (exact) mass is 254 g/mol. The van der Waals surface area contributed by atoms with Gasteiger partial charge < -0.3 is 4.90 Å². The lowest BCUT2D eigenvalue weighted by atomic mass is 9.95. The third-order valence-corrected chi connectivity index (χ3v) is 4.91. The number of aryl methyl sites for hydroxylation is 1. The topological polar surface area (TPSA) is 27.0 Å². The maximum Gasteiger partial charge on any atom is 0.0994 e. The van der Waals surface area contributed by atoms with Crippen LogP contribution < -0.4 is 4.90 Å². The van der Waals surface area contributed by atoms with Crippen LogP contribution in [0.4, 0.5) is 5.69 Å². The predicted molar refractivity (Wildman–Crippen MR) is 78.2 cm³/mol. The fourth-order valence-corrected chi connectivity index (χ4v) is 3.90. The minimum Gasteiger partial charge on any atom is -0.368 e. The van der Waals surface area contributed by atoms with Crippen molar-refractivity contribution in [3.05, 3.63) is 29.3 Å². The standard InChI is InChI=1S/C17H22N2/c1-13-11-16(9-8-15(13)12-18)19-10-4-7-17(19)14-5-2-3-6-14/h8-9,11,14,17H,2-7,10H2,1H3. The summed E-state index contributed by atoms with van der Waals surface area (Å²) >= 11 is 0. The van der Waals surface area contributed by atoms with Crippen molar-refractivity contribution >= 4 is 5.69 Å². The molecule has 1 unspecified atom stereocenters. The van der Waals surface area contributed by atoms with E-state index < -0.39 is 0 Å². The van der Waals surface area contributed by atoms with Crippen LogP contribution in [0, 0.1) is 24.2 Å². The molecule has 0 N–H and O–H groups in total. The first-order valence-corrected chi connectivity index (χ1v) is 7.57. The summed E-state index contributed by atoms with van der Waals surface area (Å²) in [6, 6.07) is 9.32. The highest BCUT2D eigenvalue weighted by atomic mass is 15.2. The molecular weight excluding hydrogens is 232 g/mol. The Hall–Kier alpha value is -1.49. The van der Waals surface area contributed by atoms with Gasteiger partial charge in [0.15, 0.2) is 0 Å². The summed E-state index contributed by atoms with van der Waals surface area (Å²) in [6.45, 7) is 3.23. The first-order valence-electron chi connectivity index (χ1n) is 7.57. The van der Waals surface area contributed by atoms with Gasteiger partial charge in [-0.3, -0.25) is 0 Å². The Bertz CT molecular complexity index is 494. The lowest BCUT2D eigenvalue weighted by molar-refractivity contribution is 0.431. The SMILES string of the molecule is Cc1cc(N2CCCC2C2CCCC2)ccc1C#N. The number of hydrogen-bond acceptors (Lipinski definition) is 2. The highest BCUT2D eigenvalue weighted by molar-refractivity contribution is 5.54. The van der Waals surface area contributed by atoms with Crippen molar-refractivity contribution in [2.45, 2.75) is 51.5 Å². The fourth-order valence-electron chi connectivity index (χ4n) is 3.90. The van der Waals surface area contributed by atoms with E-state index in [1.54, 1.807) is 0 Å². The largest absolute Gasteiger partial charge is 0.368 e. The van der Waals surface area contributed by atoms with Gasteiger partial charge in [-0.25, -0.2) is 0 Å². The van der Waals surface area contributed by atoms with E-state index in [2.05, 4.69) is 23.1 Å². The van der Waals surface area contributed by atoms with Crippen molar-refractivity contribution in [1.82, 2.24) is 0 Å². The number of nitrogens with zero attached hydrogens (tertiary/aromatic N) is 2. The molecule has 100 valence electrons. The number of nitriles is 1. The van der Waals surface area contributed by atoms with Crippen molar-refractivity contribution < 1.29 is 0 Å². The Morgan fingerprint density at radius 1 is 1.16 bits per heavy atom. The highest BCUT2D eigenvalue weighted by Crippen LogP contribution is 2.38. The Morgan fingerprint density at radius 2 is 1.95 bits per heavy atom. The van der Waals surface area contributed by atoms with Crippen LogP contribution in [0.2, 0.25) is 0 Å². The van der Waals surface area contributed by atoms with E-state index in [1.807, 2.05) is 13.0 Å². The lowest BCUT2D eigenvalue weighted by Crippen LogP contribution is -2.34. The minimum atomic E-state index is 0.745. The number of anilines is 1. The molecule has 0 amide bonds. The van der Waals surface area contributed by atoms with Gasteiger partial charge in [0, 0.05) is 18.3 Å². The van der Waals surface area contributed by atoms with Crippen molar-refractivity contribution in [2.24, 2.45) is 5.92 Å². The van der Waals surface area contributed by atoms with Crippen LogP contribution in [0.5, 0.6) is 0 Å². The summed E-state index contributed by atoms with van der Waals surface area (Å²) in [6.07, 6.45) is 8.33. The number of hydrogen-bond donors (Lipinski definition) is 0. The predicted octanol–water partition coefficient (Wildman–Crippen LogP) is 4.03. The smallest absolute Gasteiger partial charge is 0.0994 e. The maximum absolute atomic E-state index is 9.04. The van der Waals surface area contributed by atoms with E-state index in [0.29, 0.717) is 0 Å². The summed E-state index contributed by atoms with van der Waals surface area (Å²) in [7, 11) is 0. The molecule has 19 heavy (non-hydrogen) atoms. The summed E-state index contributed by atoms with van der Waals surface area (Å²) in [4.78, 5) is 2.60. The van der Waals surface area contributed by atoms with Gasteiger partial charge in [0.1, 0.15) is 0 Å². The lowest BCUT2D eigenvalue weighted by Gasteiger charge is -2.31. The maximum atomic E-state index is 9.04. The van der Waals surface area contributed by atoms with E-state index >= 15 is 0 Å². The van der Waals surface area contributed by atoms with Crippen molar-refractivity contribution in [1.29, 1.82) is 5.26 Å². The molecule has 0 bridgehead atoms. The second-order valence-electron chi connectivity index (χ2n) is 6.06. The van der Waals surface area contributed by atoms with Crippen LogP contribution in [0.1, 0.15) is 49.7 Å². The molecule has 1 aliphatic heterocycles. The second kappa shape index (κ2) is 5.25. The van der Waals surface area contributed by atoms with Gasteiger partial charge in [-0.15, -0.1) is 0 Å². The highest BCUT2D eigenvalue weighted by Gasteiger charge is 2.33. The molecular formula is C17H22N2. The first-order chi connectivity index (χ1) is 9.29. The van der Waals surface area contributed by atoms with Crippen molar-refractivity contribution in [2.75, 3.05) is 11.4 Å². The van der Waals surface area contributed by atoms with Crippen molar-refractivity contribution in [3.63, 3.8) is 0 Å². The molecule has 0 spiro atoms. The van der Waals surface area contributed by atoms with Gasteiger partial charge >= 0.3 is 0 Å². The first kappa shape index (κ1) is 12.5. The van der Waals surface area contributed by atoms with Crippen LogP contribution in [-0.2, 0) is 0 Å². The van der Waals surface area contributed by atoms with E-state index in [4.69, 9.17) is 5.26 Å². The molecule has 1 saturated heterocycles. The summed E-state index contributed by atoms with van der Waals surface area (Å²) in [5.41, 5.74) is 3.24. The van der Waals surface area contributed by atoms with Gasteiger partial charge in [0.05, 0.1) is 11.6 Å². The molecule has 2 heteroatoms. The van der Waals surface area contributed by atoms with Crippen LogP contribution in [0.25, 0.3) is 0 Å². The van der Waals surface area contributed by atoms with Crippen LogP contribution in [-0.4, -0.2) is 12.6 Å². The molecule has 1 saturated carbocycles. The van der Waals surface area contributed by atoms with E-state index in [9.17, 15) is 0 Å². The molecule has 0 radical (unpaired) electrons. The van der Waals surface area contributed by atoms with E-state index in [0.717, 1.165) is 23.1 Å². The zero-order valence-electron chi connectivity index (χ0n) is 11.7. The quantitative estimate of drug-likeness (QED) is 0.797. The zero-order valence-corrected chi connectivity index (χ0v) is 11.7. The Morgan fingerprint density at radius 3 is 2.63 bits per heavy atom. The molecule has 1 atom stereocenters. The Kier molecular flexibility index (Phi) is 3.46. The third kappa shape index (κ3) is 2.34. The normalized spacial score (nSPS) is 23.8. The van der Waals surface area contributed by atoms with Gasteiger partial charge in [-0.05, 0) is 62.3 Å². The van der Waals surface area contributed by atoms with Gasteiger partial charge in [-0.2, -0.15) is 5.26 Å². The van der Waals surface area contributed by atoms with Gasteiger partial charge in [-0.1, -0.05) is 12.8 Å². The average molecular weight is 254 g/mol. The molecule has 1 aromatic rings. The Balaban J connectivity index is 1.84. The van der Waals surface area contributed by atoms with Crippen LogP contribution in [0.15, 0.2) is 18.2 Å². The molecule has 0 aromatic heterocycles. The number of benzene rings is 1. The molecule has 1 aromatic carbocycles. The fraction of sp³-hybridized carbons (Fsp3) is 0.588. The summed E-state index contributed by atoms with van der Waals surface area (Å²) in [5.74, 6) is 0.901. The van der Waals surface area contributed by atoms with E-state index in [1.165, 1.54) is 50.8 Å². The van der Waals surface area contributed by atoms with Crippen LogP contribution >= 0.6 is 0 Å². The summed E-state index contributed by atoms with van der Waals surface area (Å²) in [5, 5.41) is 9.04. The van der Waals surface area contributed by atoms with Crippen molar-refractivity contribution in [3.8, 4) is 6.07 Å². The summed E-state index contributed by atoms with van der Waals surface area (Å²) < 4.78 is 0. The zero-order chi connectivity index (χ0) is 13.2. The van der Waals surface area contributed by atoms with Gasteiger partial charge in [0.25, 0.3) is 0 Å². The third-order valence-electron chi connectivity index (χ3n) is 4.91. The van der Waals surface area contributed by atoms with E-state index in [-0.39, 0.29) is 0 Å². The molecule has 1 aliphatic carbocycles. The Labute approximate surface area is 116 Å². The van der Waals surface area contributed by atoms with Crippen LogP contribution in [0.3, 0.4) is 0 Å². The molecule has 1 heterocycles. The molecule has 2 nitrogen and oxygen atoms in total. The molecule has 3 rings (SSSR count). The molecule has 2 fully saturated rings. The average Bonchev–Trinajstić information content (AvgIpc) is 3.09. The second-order valence-corrected chi connectivity index (χ2v) is 6.06. The molecule has 2 aliphatic rings.